The lowest BCUT2D eigenvalue weighted by Gasteiger charge is -2.19. The molecule has 1 aromatic carbocycles. The number of carbonyl (C=O) groups excluding carboxylic acids is 1. The van der Waals surface area contributed by atoms with Gasteiger partial charge in [-0.2, -0.15) is 0 Å². The summed E-state index contributed by atoms with van der Waals surface area (Å²) in [5.74, 6) is 0.866. The van der Waals surface area contributed by atoms with E-state index in [9.17, 15) is 4.79 Å². The van der Waals surface area contributed by atoms with E-state index in [4.69, 9.17) is 16.3 Å². The van der Waals surface area contributed by atoms with Gasteiger partial charge >= 0.3 is 0 Å². The third kappa shape index (κ3) is 3.32. The molecule has 2 aromatic rings. The molecule has 0 bridgehead atoms. The van der Waals surface area contributed by atoms with Gasteiger partial charge in [0.1, 0.15) is 11.4 Å². The zero-order valence-electron chi connectivity index (χ0n) is 14.0. The molecule has 0 fully saturated rings. The number of hydrogen-bond acceptors (Lipinski definition) is 3. The van der Waals surface area contributed by atoms with Crippen LogP contribution in [0.15, 0.2) is 24.4 Å². The van der Waals surface area contributed by atoms with E-state index in [2.05, 4.69) is 24.1 Å². The highest BCUT2D eigenvalue weighted by Crippen LogP contribution is 2.42. The first-order chi connectivity index (χ1) is 10.9. The van der Waals surface area contributed by atoms with Gasteiger partial charge in [-0.3, -0.25) is 9.78 Å². The van der Waals surface area contributed by atoms with E-state index >= 15 is 0 Å². The van der Waals surface area contributed by atoms with Crippen molar-refractivity contribution in [1.82, 2.24) is 10.3 Å². The number of hydrogen-bond donors (Lipinski definition) is 1. The lowest BCUT2D eigenvalue weighted by Crippen LogP contribution is -2.18. The molecular weight excluding hydrogens is 312 g/mol. The van der Waals surface area contributed by atoms with E-state index in [0.717, 1.165) is 28.0 Å². The number of amides is 1. The summed E-state index contributed by atoms with van der Waals surface area (Å²) in [6, 6.07) is 5.52. The zero-order chi connectivity index (χ0) is 17.1. The Balaban J connectivity index is 2.64. The summed E-state index contributed by atoms with van der Waals surface area (Å²) in [6.07, 6.45) is 1.68. The Morgan fingerprint density at radius 2 is 2.04 bits per heavy atom. The number of carbonyl (C=O) groups is 1. The summed E-state index contributed by atoms with van der Waals surface area (Å²) in [4.78, 5) is 15.9. The average Bonchev–Trinajstić information content (AvgIpc) is 2.56. The van der Waals surface area contributed by atoms with Gasteiger partial charge in [-0.05, 0) is 36.1 Å². The standard InChI is InChI=1S/C18H21ClN2O2/c1-10(2)13-8-14(19)11(3)16(17(13)23-5)12-6-7-15(21-9-12)18(22)20-4/h6-10H,1-5H3,(H,20,22). The molecule has 23 heavy (non-hydrogen) atoms. The lowest BCUT2D eigenvalue weighted by atomic mass is 9.92. The van der Waals surface area contributed by atoms with Gasteiger partial charge in [0.25, 0.3) is 5.91 Å². The van der Waals surface area contributed by atoms with Crippen molar-refractivity contribution in [1.29, 1.82) is 0 Å². The van der Waals surface area contributed by atoms with E-state index in [-0.39, 0.29) is 11.8 Å². The summed E-state index contributed by atoms with van der Waals surface area (Å²) < 4.78 is 5.66. The Kier molecular flexibility index (Phi) is 5.26. The van der Waals surface area contributed by atoms with Crippen LogP contribution >= 0.6 is 11.6 Å². The minimum absolute atomic E-state index is 0.214. The molecule has 0 saturated carbocycles. The van der Waals surface area contributed by atoms with Crippen LogP contribution in [0.25, 0.3) is 11.1 Å². The monoisotopic (exact) mass is 332 g/mol. The van der Waals surface area contributed by atoms with Gasteiger partial charge in [0.05, 0.1) is 7.11 Å². The van der Waals surface area contributed by atoms with Crippen molar-refractivity contribution in [2.75, 3.05) is 14.2 Å². The van der Waals surface area contributed by atoms with Crippen LogP contribution in [-0.2, 0) is 0 Å². The number of nitrogens with one attached hydrogen (secondary N) is 1. The predicted molar refractivity (Wildman–Crippen MR) is 93.5 cm³/mol. The van der Waals surface area contributed by atoms with Crippen molar-refractivity contribution in [3.8, 4) is 16.9 Å². The number of benzene rings is 1. The number of halogens is 1. The smallest absolute Gasteiger partial charge is 0.269 e. The second-order valence-corrected chi connectivity index (χ2v) is 6.05. The van der Waals surface area contributed by atoms with Crippen molar-refractivity contribution in [2.24, 2.45) is 0 Å². The maximum absolute atomic E-state index is 11.6. The largest absolute Gasteiger partial charge is 0.496 e. The number of methoxy groups -OCH3 is 1. The first-order valence-corrected chi connectivity index (χ1v) is 7.84. The van der Waals surface area contributed by atoms with Crippen LogP contribution < -0.4 is 10.1 Å². The summed E-state index contributed by atoms with van der Waals surface area (Å²) in [7, 11) is 3.24. The number of aromatic nitrogens is 1. The van der Waals surface area contributed by atoms with Gasteiger partial charge in [0, 0.05) is 29.4 Å². The Hall–Kier alpha value is -2.07. The highest BCUT2D eigenvalue weighted by Gasteiger charge is 2.19. The van der Waals surface area contributed by atoms with Crippen LogP contribution in [0.1, 0.15) is 41.4 Å². The Labute approximate surface area is 141 Å². The Bertz CT molecular complexity index is 725. The Morgan fingerprint density at radius 1 is 1.35 bits per heavy atom. The quantitative estimate of drug-likeness (QED) is 0.912. The molecular formula is C18H21ClN2O2. The first kappa shape index (κ1) is 17.3. The second-order valence-electron chi connectivity index (χ2n) is 5.65. The molecule has 122 valence electrons. The molecule has 0 unspecified atom stereocenters. The topological polar surface area (TPSA) is 51.2 Å². The SMILES string of the molecule is CNC(=O)c1ccc(-c2c(C)c(Cl)cc(C(C)C)c2OC)cn1. The lowest BCUT2D eigenvalue weighted by molar-refractivity contribution is 0.0958. The van der Waals surface area contributed by atoms with Crippen molar-refractivity contribution in [3.05, 3.63) is 46.2 Å². The maximum atomic E-state index is 11.6. The molecule has 0 atom stereocenters. The number of nitrogens with zero attached hydrogens (tertiary/aromatic N) is 1. The summed E-state index contributed by atoms with van der Waals surface area (Å²) in [5.41, 5.74) is 4.14. The van der Waals surface area contributed by atoms with Crippen LogP contribution in [0.4, 0.5) is 0 Å². The molecule has 0 aliphatic rings. The van der Waals surface area contributed by atoms with E-state index in [1.165, 1.54) is 0 Å². The van der Waals surface area contributed by atoms with E-state index in [1.54, 1.807) is 26.4 Å². The molecule has 0 radical (unpaired) electrons. The van der Waals surface area contributed by atoms with Gasteiger partial charge in [0.2, 0.25) is 0 Å². The van der Waals surface area contributed by atoms with Crippen LogP contribution in [0, 0.1) is 6.92 Å². The average molecular weight is 333 g/mol. The molecule has 1 amide bonds. The molecule has 0 aliphatic heterocycles. The molecule has 0 spiro atoms. The van der Waals surface area contributed by atoms with E-state index < -0.39 is 0 Å². The summed E-state index contributed by atoms with van der Waals surface area (Å²) >= 11 is 6.41. The molecule has 0 saturated heterocycles. The Morgan fingerprint density at radius 3 is 2.52 bits per heavy atom. The fraction of sp³-hybridized carbons (Fsp3) is 0.333. The minimum Gasteiger partial charge on any atom is -0.496 e. The van der Waals surface area contributed by atoms with Crippen molar-refractivity contribution in [2.45, 2.75) is 26.7 Å². The van der Waals surface area contributed by atoms with Crippen LogP contribution in [-0.4, -0.2) is 25.0 Å². The third-order valence-corrected chi connectivity index (χ3v) is 4.24. The fourth-order valence-corrected chi connectivity index (χ4v) is 2.76. The highest BCUT2D eigenvalue weighted by molar-refractivity contribution is 6.32. The van der Waals surface area contributed by atoms with Crippen LogP contribution in [0.2, 0.25) is 5.02 Å². The molecule has 0 aliphatic carbocycles. The van der Waals surface area contributed by atoms with Crippen LogP contribution in [0.3, 0.4) is 0 Å². The van der Waals surface area contributed by atoms with E-state index in [1.807, 2.05) is 19.1 Å². The number of ether oxygens (including phenoxy) is 1. The molecule has 1 aromatic heterocycles. The molecule has 5 heteroatoms. The number of pyridine rings is 1. The number of rotatable bonds is 4. The van der Waals surface area contributed by atoms with Gasteiger partial charge < -0.3 is 10.1 Å². The van der Waals surface area contributed by atoms with Gasteiger partial charge in [-0.25, -0.2) is 0 Å². The fourth-order valence-electron chi connectivity index (χ4n) is 2.54. The zero-order valence-corrected chi connectivity index (χ0v) is 14.8. The van der Waals surface area contributed by atoms with Crippen molar-refractivity contribution in [3.63, 3.8) is 0 Å². The summed E-state index contributed by atoms with van der Waals surface area (Å²) in [5, 5.41) is 3.25. The van der Waals surface area contributed by atoms with Gasteiger partial charge in [0.15, 0.2) is 0 Å². The van der Waals surface area contributed by atoms with Crippen LogP contribution in [0.5, 0.6) is 5.75 Å². The van der Waals surface area contributed by atoms with E-state index in [0.29, 0.717) is 10.7 Å². The highest BCUT2D eigenvalue weighted by atomic mass is 35.5. The van der Waals surface area contributed by atoms with Gasteiger partial charge in [-0.1, -0.05) is 31.5 Å². The van der Waals surface area contributed by atoms with Crippen molar-refractivity contribution >= 4 is 17.5 Å². The van der Waals surface area contributed by atoms with Crippen molar-refractivity contribution < 1.29 is 9.53 Å². The maximum Gasteiger partial charge on any atom is 0.269 e. The minimum atomic E-state index is -0.214. The molecule has 4 nitrogen and oxygen atoms in total. The normalized spacial score (nSPS) is 10.7. The molecule has 2 rings (SSSR count). The second kappa shape index (κ2) is 7.01. The third-order valence-electron chi connectivity index (χ3n) is 3.84. The summed E-state index contributed by atoms with van der Waals surface area (Å²) in [6.45, 7) is 6.15. The van der Waals surface area contributed by atoms with Gasteiger partial charge in [-0.15, -0.1) is 0 Å². The first-order valence-electron chi connectivity index (χ1n) is 7.46. The molecule has 1 N–H and O–H groups in total. The predicted octanol–water partition coefficient (Wildman–Crippen LogP) is 4.20. The molecule has 1 heterocycles.